The van der Waals surface area contributed by atoms with E-state index in [4.69, 9.17) is 0 Å². The maximum atomic E-state index is 3.80. The molecule has 0 spiro atoms. The van der Waals surface area contributed by atoms with Crippen LogP contribution in [-0.2, 0) is 19.3 Å². The first-order valence-corrected chi connectivity index (χ1v) is 14.7. The van der Waals surface area contributed by atoms with E-state index in [-0.39, 0.29) is 0 Å². The van der Waals surface area contributed by atoms with Crippen LogP contribution in [0.2, 0.25) is 0 Å². The third-order valence-electron chi connectivity index (χ3n) is 7.20. The van der Waals surface area contributed by atoms with Crippen molar-refractivity contribution < 1.29 is 0 Å². The monoisotopic (exact) mass is 472 g/mol. The molecule has 0 N–H and O–H groups in total. The molecule has 0 radical (unpaired) electrons. The van der Waals surface area contributed by atoms with Crippen LogP contribution >= 0.6 is 0 Å². The summed E-state index contributed by atoms with van der Waals surface area (Å²) in [5.41, 5.74) is 5.84. The highest BCUT2D eigenvalue weighted by Gasteiger charge is 2.00. The van der Waals surface area contributed by atoms with Crippen LogP contribution in [0.15, 0.2) is 73.8 Å². The molecule has 0 unspecified atom stereocenters. The summed E-state index contributed by atoms with van der Waals surface area (Å²) >= 11 is 0. The molecule has 2 aromatic rings. The molecule has 0 aliphatic rings. The number of benzene rings is 2. The molecule has 0 heteroatoms. The van der Waals surface area contributed by atoms with Crippen molar-refractivity contribution in [2.45, 2.75) is 122 Å². The predicted molar refractivity (Wildman–Crippen MR) is 157 cm³/mol. The van der Waals surface area contributed by atoms with E-state index in [9.17, 15) is 0 Å². The lowest BCUT2D eigenvalue weighted by Crippen LogP contribution is -1.92. The van der Waals surface area contributed by atoms with Crippen LogP contribution in [0.3, 0.4) is 0 Å². The Kier molecular flexibility index (Phi) is 16.8. The summed E-state index contributed by atoms with van der Waals surface area (Å²) < 4.78 is 0. The molecule has 192 valence electrons. The van der Waals surface area contributed by atoms with Crippen molar-refractivity contribution in [2.24, 2.45) is 0 Å². The molecule has 0 aliphatic heterocycles. The van der Waals surface area contributed by atoms with Gasteiger partial charge in [-0.1, -0.05) is 125 Å². The van der Waals surface area contributed by atoms with Crippen LogP contribution in [0.25, 0.3) is 0 Å². The maximum Gasteiger partial charge on any atom is -0.00258 e. The maximum absolute atomic E-state index is 3.80. The normalized spacial score (nSPS) is 11.0. The van der Waals surface area contributed by atoms with Crippen molar-refractivity contribution in [3.8, 4) is 0 Å². The fourth-order valence-electron chi connectivity index (χ4n) is 4.89. The molecule has 35 heavy (non-hydrogen) atoms. The second kappa shape index (κ2) is 20.1. The summed E-state index contributed by atoms with van der Waals surface area (Å²) in [7, 11) is 0. The number of hydrogen-bond donors (Lipinski definition) is 0. The Morgan fingerprint density at radius 3 is 1.00 bits per heavy atom. The summed E-state index contributed by atoms with van der Waals surface area (Å²) in [6.45, 7) is 7.60. The van der Waals surface area contributed by atoms with Crippen molar-refractivity contribution in [3.05, 3.63) is 96.1 Å². The lowest BCUT2D eigenvalue weighted by molar-refractivity contribution is 0.581. The lowest BCUT2D eigenvalue weighted by atomic mass is 9.99. The largest absolute Gasteiger partial charge is 0.103 e. The smallest absolute Gasteiger partial charge is 0.00258 e. The Labute approximate surface area is 218 Å². The minimum atomic E-state index is 1.04. The SMILES string of the molecule is C=CCCCCCCCCCc1ccc(Cc2ccc(CCCCCCCCCC=C)cc2)cc1. The highest BCUT2D eigenvalue weighted by Crippen LogP contribution is 2.16. The third-order valence-corrected chi connectivity index (χ3v) is 7.20. The van der Waals surface area contributed by atoms with E-state index >= 15 is 0 Å². The Hall–Kier alpha value is -2.08. The molecule has 0 amide bonds. The second-order valence-electron chi connectivity index (χ2n) is 10.4. The van der Waals surface area contributed by atoms with Crippen molar-refractivity contribution >= 4 is 0 Å². The Morgan fingerprint density at radius 1 is 0.371 bits per heavy atom. The van der Waals surface area contributed by atoms with E-state index in [0.717, 1.165) is 6.42 Å². The number of rotatable bonds is 22. The average Bonchev–Trinajstić information content (AvgIpc) is 2.88. The minimum Gasteiger partial charge on any atom is -0.103 e. The molecule has 0 fully saturated rings. The highest BCUT2D eigenvalue weighted by molar-refractivity contribution is 5.30. The highest BCUT2D eigenvalue weighted by atomic mass is 14.1. The molecule has 0 bridgehead atoms. The lowest BCUT2D eigenvalue weighted by Gasteiger charge is -2.07. The zero-order valence-electron chi connectivity index (χ0n) is 22.6. The number of aryl methyl sites for hydroxylation is 2. The standard InChI is InChI=1S/C35H52/c1-3-5-7-9-11-13-15-17-19-21-32-23-27-34(28-24-32)31-35-29-25-33(26-30-35)22-20-18-16-14-12-10-8-6-4-2/h3-4,23-30H,1-2,5-22,31H2. The van der Waals surface area contributed by atoms with E-state index in [1.165, 1.54) is 138 Å². The molecule has 0 atom stereocenters. The number of allylic oxidation sites excluding steroid dienone is 2. The van der Waals surface area contributed by atoms with E-state index < -0.39 is 0 Å². The Balaban J connectivity index is 1.55. The van der Waals surface area contributed by atoms with Gasteiger partial charge < -0.3 is 0 Å². The molecule has 0 aliphatic carbocycles. The summed E-state index contributed by atoms with van der Waals surface area (Å²) in [4.78, 5) is 0. The van der Waals surface area contributed by atoms with Gasteiger partial charge >= 0.3 is 0 Å². The van der Waals surface area contributed by atoms with Gasteiger partial charge in [-0.05, 0) is 80.0 Å². The Bertz CT molecular complexity index is 697. The van der Waals surface area contributed by atoms with Crippen LogP contribution < -0.4 is 0 Å². The van der Waals surface area contributed by atoms with Crippen LogP contribution in [0.1, 0.15) is 125 Å². The third kappa shape index (κ3) is 14.8. The molecular formula is C35H52. The second-order valence-corrected chi connectivity index (χ2v) is 10.4. The molecule has 0 nitrogen and oxygen atoms in total. The quantitative estimate of drug-likeness (QED) is 0.118. The first-order valence-electron chi connectivity index (χ1n) is 14.7. The fraction of sp³-hybridized carbons (Fsp3) is 0.543. The van der Waals surface area contributed by atoms with Crippen molar-refractivity contribution in [1.82, 2.24) is 0 Å². The van der Waals surface area contributed by atoms with Gasteiger partial charge in [0.2, 0.25) is 0 Å². The van der Waals surface area contributed by atoms with Crippen molar-refractivity contribution in [2.75, 3.05) is 0 Å². The molecule has 0 saturated carbocycles. The predicted octanol–water partition coefficient (Wildman–Crippen LogP) is 11.0. The van der Waals surface area contributed by atoms with Gasteiger partial charge in [-0.3, -0.25) is 0 Å². The van der Waals surface area contributed by atoms with Crippen LogP contribution in [-0.4, -0.2) is 0 Å². The van der Waals surface area contributed by atoms with Gasteiger partial charge in [0.25, 0.3) is 0 Å². The molecule has 2 rings (SSSR count). The minimum absolute atomic E-state index is 1.04. The average molecular weight is 473 g/mol. The summed E-state index contributed by atoms with van der Waals surface area (Å²) in [6, 6.07) is 18.7. The van der Waals surface area contributed by atoms with E-state index in [0.29, 0.717) is 0 Å². The van der Waals surface area contributed by atoms with Gasteiger partial charge in [-0.2, -0.15) is 0 Å². The summed E-state index contributed by atoms with van der Waals surface area (Å²) in [5, 5.41) is 0. The molecule has 0 saturated heterocycles. The number of hydrogen-bond acceptors (Lipinski definition) is 0. The van der Waals surface area contributed by atoms with Gasteiger partial charge in [0, 0.05) is 0 Å². The fourth-order valence-corrected chi connectivity index (χ4v) is 4.89. The van der Waals surface area contributed by atoms with Crippen LogP contribution in [0.5, 0.6) is 0 Å². The van der Waals surface area contributed by atoms with Crippen molar-refractivity contribution in [1.29, 1.82) is 0 Å². The zero-order chi connectivity index (χ0) is 24.8. The van der Waals surface area contributed by atoms with Crippen LogP contribution in [0, 0.1) is 0 Å². The molecule has 0 aromatic heterocycles. The van der Waals surface area contributed by atoms with Crippen LogP contribution in [0.4, 0.5) is 0 Å². The topological polar surface area (TPSA) is 0 Å². The summed E-state index contributed by atoms with van der Waals surface area (Å²) in [6.07, 6.45) is 29.0. The molecular weight excluding hydrogens is 420 g/mol. The van der Waals surface area contributed by atoms with Gasteiger partial charge in [0.15, 0.2) is 0 Å². The van der Waals surface area contributed by atoms with Gasteiger partial charge in [0.1, 0.15) is 0 Å². The van der Waals surface area contributed by atoms with E-state index in [1.54, 1.807) is 0 Å². The number of unbranched alkanes of at least 4 members (excludes halogenated alkanes) is 14. The van der Waals surface area contributed by atoms with Crippen molar-refractivity contribution in [3.63, 3.8) is 0 Å². The first kappa shape index (κ1) is 29.2. The molecule has 0 heterocycles. The van der Waals surface area contributed by atoms with E-state index in [2.05, 4.69) is 61.7 Å². The van der Waals surface area contributed by atoms with Gasteiger partial charge in [-0.15, -0.1) is 13.2 Å². The van der Waals surface area contributed by atoms with Gasteiger partial charge in [0.05, 0.1) is 0 Å². The molecule has 2 aromatic carbocycles. The Morgan fingerprint density at radius 2 is 0.657 bits per heavy atom. The first-order chi connectivity index (χ1) is 17.3. The summed E-state index contributed by atoms with van der Waals surface area (Å²) in [5.74, 6) is 0. The van der Waals surface area contributed by atoms with E-state index in [1.807, 2.05) is 12.2 Å². The van der Waals surface area contributed by atoms with Gasteiger partial charge in [-0.25, -0.2) is 0 Å². The zero-order valence-corrected chi connectivity index (χ0v) is 22.6.